The van der Waals surface area contributed by atoms with E-state index < -0.39 is 6.04 Å². The van der Waals surface area contributed by atoms with E-state index >= 15 is 0 Å². The number of nitrogens with zero attached hydrogens (tertiary/aromatic N) is 2. The average molecular weight is 492 g/mol. The molecule has 7 nitrogen and oxygen atoms in total. The summed E-state index contributed by atoms with van der Waals surface area (Å²) >= 11 is 13.3. The Bertz CT molecular complexity index is 1120. The van der Waals surface area contributed by atoms with Crippen LogP contribution < -0.4 is 10.6 Å². The van der Waals surface area contributed by atoms with E-state index in [1.165, 1.54) is 17.8 Å². The van der Waals surface area contributed by atoms with E-state index in [0.29, 0.717) is 21.6 Å². The van der Waals surface area contributed by atoms with Crippen molar-refractivity contribution in [3.05, 3.63) is 69.5 Å². The molecule has 0 aliphatic carbocycles. The van der Waals surface area contributed by atoms with Crippen LogP contribution in [-0.4, -0.2) is 32.7 Å². The van der Waals surface area contributed by atoms with Crippen LogP contribution in [0.2, 0.25) is 10.0 Å². The maximum Gasteiger partial charge on any atom is 0.253 e. The van der Waals surface area contributed by atoms with E-state index in [9.17, 15) is 9.59 Å². The second kappa shape index (κ2) is 10.8. The Hall–Kier alpha value is -2.55. The first-order valence-corrected chi connectivity index (χ1v) is 11.6. The minimum Gasteiger partial charge on any atom is -0.342 e. The monoisotopic (exact) mass is 491 g/mol. The summed E-state index contributed by atoms with van der Waals surface area (Å²) in [4.78, 5) is 29.4. The molecule has 2 amide bonds. The van der Waals surface area contributed by atoms with Gasteiger partial charge in [-0.15, -0.1) is 5.10 Å². The fourth-order valence-corrected chi connectivity index (χ4v) is 4.05. The zero-order chi connectivity index (χ0) is 23.3. The molecule has 0 aliphatic rings. The summed E-state index contributed by atoms with van der Waals surface area (Å²) in [5.74, 6) is 0.191. The zero-order valence-electron chi connectivity index (χ0n) is 17.8. The molecule has 0 bridgehead atoms. The van der Waals surface area contributed by atoms with Gasteiger partial charge in [-0.3, -0.25) is 14.7 Å². The molecule has 0 unspecified atom stereocenters. The zero-order valence-corrected chi connectivity index (χ0v) is 20.1. The van der Waals surface area contributed by atoms with Crippen LogP contribution in [-0.2, 0) is 4.79 Å². The molecule has 0 saturated heterocycles. The van der Waals surface area contributed by atoms with Gasteiger partial charge >= 0.3 is 0 Å². The molecular weight excluding hydrogens is 469 g/mol. The standard InChI is InChI=1S/C22H23Cl2N5O2S/c1-12(2)19(26-21(31)16-8-7-14(23)10-17(16)24)20-27-22(29-28-20)32-11-18(30)25-15-6-4-5-13(3)9-15/h4-10,12,19H,11H2,1-3H3,(H,25,30)(H,26,31)(H,27,28,29)/t19-/m0/s1. The summed E-state index contributed by atoms with van der Waals surface area (Å²) < 4.78 is 0. The lowest BCUT2D eigenvalue weighted by Crippen LogP contribution is -2.32. The minimum absolute atomic E-state index is 0.0282. The number of hydrogen-bond donors (Lipinski definition) is 3. The first-order chi connectivity index (χ1) is 15.2. The van der Waals surface area contributed by atoms with Crippen molar-refractivity contribution >= 4 is 52.5 Å². The molecule has 0 fully saturated rings. The lowest BCUT2D eigenvalue weighted by molar-refractivity contribution is -0.113. The maximum atomic E-state index is 12.7. The van der Waals surface area contributed by atoms with Gasteiger partial charge in [0, 0.05) is 10.7 Å². The highest BCUT2D eigenvalue weighted by molar-refractivity contribution is 7.99. The van der Waals surface area contributed by atoms with Gasteiger partial charge in [-0.05, 0) is 48.7 Å². The van der Waals surface area contributed by atoms with Gasteiger partial charge in [0.05, 0.1) is 22.4 Å². The van der Waals surface area contributed by atoms with Crippen LogP contribution in [0, 0.1) is 12.8 Å². The topological polar surface area (TPSA) is 99.8 Å². The molecule has 1 heterocycles. The fraction of sp³-hybridized carbons (Fsp3) is 0.273. The van der Waals surface area contributed by atoms with Crippen LogP contribution in [0.4, 0.5) is 5.69 Å². The van der Waals surface area contributed by atoms with Gasteiger partial charge in [0.1, 0.15) is 5.82 Å². The molecule has 168 valence electrons. The number of thioether (sulfide) groups is 1. The van der Waals surface area contributed by atoms with Gasteiger partial charge < -0.3 is 10.6 Å². The van der Waals surface area contributed by atoms with Crippen molar-refractivity contribution in [1.29, 1.82) is 0 Å². The lowest BCUT2D eigenvalue weighted by Gasteiger charge is -2.20. The van der Waals surface area contributed by atoms with E-state index in [-0.39, 0.29) is 28.5 Å². The Morgan fingerprint density at radius 1 is 1.16 bits per heavy atom. The third-order valence-electron chi connectivity index (χ3n) is 4.54. The number of benzene rings is 2. The van der Waals surface area contributed by atoms with E-state index in [2.05, 4.69) is 25.8 Å². The molecular formula is C22H23Cl2N5O2S. The van der Waals surface area contributed by atoms with Crippen molar-refractivity contribution in [3.8, 4) is 0 Å². The number of aromatic amines is 1. The summed E-state index contributed by atoms with van der Waals surface area (Å²) in [5.41, 5.74) is 2.13. The minimum atomic E-state index is -0.419. The summed E-state index contributed by atoms with van der Waals surface area (Å²) in [7, 11) is 0. The van der Waals surface area contributed by atoms with Crippen molar-refractivity contribution in [1.82, 2.24) is 20.5 Å². The highest BCUT2D eigenvalue weighted by atomic mass is 35.5. The highest BCUT2D eigenvalue weighted by Gasteiger charge is 2.24. The summed E-state index contributed by atoms with van der Waals surface area (Å²) in [5, 5.41) is 14.0. The van der Waals surface area contributed by atoms with Gasteiger partial charge in [-0.1, -0.05) is 60.9 Å². The second-order valence-electron chi connectivity index (χ2n) is 7.53. The predicted molar refractivity (Wildman–Crippen MR) is 128 cm³/mol. The van der Waals surface area contributed by atoms with Crippen LogP contribution in [0.5, 0.6) is 0 Å². The van der Waals surface area contributed by atoms with Crippen molar-refractivity contribution in [3.63, 3.8) is 0 Å². The fourth-order valence-electron chi connectivity index (χ4n) is 2.96. The van der Waals surface area contributed by atoms with Crippen LogP contribution in [0.1, 0.15) is 41.6 Å². The summed E-state index contributed by atoms with van der Waals surface area (Å²) in [6, 6.07) is 11.9. The van der Waals surface area contributed by atoms with Gasteiger partial charge in [0.25, 0.3) is 5.91 Å². The van der Waals surface area contributed by atoms with Crippen molar-refractivity contribution in [2.24, 2.45) is 5.92 Å². The Balaban J connectivity index is 1.62. The van der Waals surface area contributed by atoms with Crippen LogP contribution in [0.25, 0.3) is 0 Å². The molecule has 1 atom stereocenters. The molecule has 2 aromatic carbocycles. The maximum absolute atomic E-state index is 12.7. The average Bonchev–Trinajstić information content (AvgIpc) is 3.18. The number of nitrogens with one attached hydrogen (secondary N) is 3. The SMILES string of the molecule is Cc1cccc(NC(=O)CSc2n[nH]c([C@@H](NC(=O)c3ccc(Cl)cc3Cl)C(C)C)n2)c1. The molecule has 1 aromatic heterocycles. The second-order valence-corrected chi connectivity index (χ2v) is 9.32. The molecule has 0 spiro atoms. The molecule has 3 aromatic rings. The number of carbonyl (C=O) groups excluding carboxylic acids is 2. The number of anilines is 1. The van der Waals surface area contributed by atoms with E-state index in [1.54, 1.807) is 12.1 Å². The third-order valence-corrected chi connectivity index (χ3v) is 5.94. The molecule has 32 heavy (non-hydrogen) atoms. The molecule has 0 aliphatic heterocycles. The summed E-state index contributed by atoms with van der Waals surface area (Å²) in [6.45, 7) is 5.88. The van der Waals surface area contributed by atoms with Gasteiger partial charge in [0.15, 0.2) is 0 Å². The number of hydrogen-bond acceptors (Lipinski definition) is 5. The Morgan fingerprint density at radius 2 is 1.94 bits per heavy atom. The van der Waals surface area contributed by atoms with Gasteiger partial charge in [-0.2, -0.15) is 0 Å². The molecule has 10 heteroatoms. The molecule has 3 rings (SSSR count). The first-order valence-electron chi connectivity index (χ1n) is 9.90. The number of aromatic nitrogens is 3. The van der Waals surface area contributed by atoms with Crippen LogP contribution >= 0.6 is 35.0 Å². The predicted octanol–water partition coefficient (Wildman–Crippen LogP) is 5.28. The number of aryl methyl sites for hydroxylation is 1. The van der Waals surface area contributed by atoms with Crippen molar-refractivity contribution in [2.75, 3.05) is 11.1 Å². The number of H-pyrrole nitrogens is 1. The first kappa shape index (κ1) is 24.1. The quantitative estimate of drug-likeness (QED) is 0.372. The Morgan fingerprint density at radius 3 is 2.62 bits per heavy atom. The summed E-state index contributed by atoms with van der Waals surface area (Å²) in [6.07, 6.45) is 0. The normalized spacial score (nSPS) is 11.9. The Labute approximate surface area is 200 Å². The van der Waals surface area contributed by atoms with E-state index in [1.807, 2.05) is 45.0 Å². The largest absolute Gasteiger partial charge is 0.342 e. The van der Waals surface area contributed by atoms with Crippen molar-refractivity contribution < 1.29 is 9.59 Å². The van der Waals surface area contributed by atoms with E-state index in [4.69, 9.17) is 23.2 Å². The molecule has 3 N–H and O–H groups in total. The lowest BCUT2D eigenvalue weighted by atomic mass is 10.0. The smallest absolute Gasteiger partial charge is 0.253 e. The van der Waals surface area contributed by atoms with Gasteiger partial charge in [-0.25, -0.2) is 4.98 Å². The molecule has 0 saturated carbocycles. The number of halogens is 2. The number of rotatable bonds is 8. The molecule has 0 radical (unpaired) electrons. The number of amides is 2. The van der Waals surface area contributed by atoms with Crippen molar-refractivity contribution in [2.45, 2.75) is 32.0 Å². The Kier molecular flexibility index (Phi) is 8.17. The van der Waals surface area contributed by atoms with Crippen LogP contribution in [0.3, 0.4) is 0 Å². The van der Waals surface area contributed by atoms with Crippen LogP contribution in [0.15, 0.2) is 47.6 Å². The number of carbonyl (C=O) groups is 2. The third kappa shape index (κ3) is 6.48. The van der Waals surface area contributed by atoms with E-state index in [0.717, 1.165) is 11.3 Å². The van der Waals surface area contributed by atoms with Gasteiger partial charge in [0.2, 0.25) is 11.1 Å². The highest BCUT2D eigenvalue weighted by Crippen LogP contribution is 2.25.